The van der Waals surface area contributed by atoms with Gasteiger partial charge in [-0.2, -0.15) is 0 Å². The first-order valence-electron chi connectivity index (χ1n) is 22.7. The van der Waals surface area contributed by atoms with E-state index in [-0.39, 0.29) is 0 Å². The van der Waals surface area contributed by atoms with Crippen molar-refractivity contribution in [3.8, 4) is 22.3 Å². The topological polar surface area (TPSA) is 26.0 Å². The Labute approximate surface area is 386 Å². The number of para-hydroxylation sites is 1. The lowest BCUT2D eigenvalue weighted by Crippen LogP contribution is -1.97. The van der Waals surface area contributed by atoms with Gasteiger partial charge in [0.05, 0.1) is 0 Å². The van der Waals surface area contributed by atoms with Crippen LogP contribution in [0.4, 0.5) is 5.69 Å². The number of nitrogens with two attached hydrogens (primary N) is 1. The predicted molar refractivity (Wildman–Crippen MR) is 288 cm³/mol. The third-order valence-corrected chi connectivity index (χ3v) is 12.5. The maximum Gasteiger partial charge on any atom is 0.0387 e. The zero-order chi connectivity index (χ0) is 45.5. The Kier molecular flexibility index (Phi) is 13.3. The van der Waals surface area contributed by atoms with Gasteiger partial charge in [-0.25, -0.2) is 0 Å². The fourth-order valence-corrected chi connectivity index (χ4v) is 9.04. The highest BCUT2D eigenvalue weighted by atomic mass is 14.5. The standard InChI is InChI=1S/C62H51N.C2H6/c1-6-7-9-18-41(2)48-31-32-50(37-48)61-40-52(47-29-27-46(28-30-47)45-19-10-8-11-20-45)39-60-44(5)53(33-34-57(60)61)58(42(3)35-51-22-13-17-26-62(51)63)36-43(4)59-38-49-21-12-14-23-54(49)55-24-15-16-25-56(55)59;1-2/h6-36,38-40H,2,4,37,63H2,1,3,5H3;1-2H3/b7-6-,18-9-,42-35+,58-36-;. The molecule has 65 heavy (non-hydrogen) atoms. The number of anilines is 1. The van der Waals surface area contributed by atoms with Crippen molar-refractivity contribution in [1.82, 2.24) is 0 Å². The first-order valence-corrected chi connectivity index (χ1v) is 22.7. The van der Waals surface area contributed by atoms with Crippen LogP contribution in [-0.2, 0) is 0 Å². The van der Waals surface area contributed by atoms with E-state index in [2.05, 4.69) is 196 Å². The van der Waals surface area contributed by atoms with E-state index in [4.69, 9.17) is 12.3 Å². The Morgan fingerprint density at radius 1 is 0.569 bits per heavy atom. The van der Waals surface area contributed by atoms with Gasteiger partial charge in [0.25, 0.3) is 0 Å². The number of nitrogen functional groups attached to an aromatic ring is 1. The van der Waals surface area contributed by atoms with Gasteiger partial charge in [-0.15, -0.1) is 0 Å². The van der Waals surface area contributed by atoms with Gasteiger partial charge in [-0.3, -0.25) is 0 Å². The van der Waals surface area contributed by atoms with E-state index in [0.29, 0.717) is 0 Å². The van der Waals surface area contributed by atoms with E-state index in [1.54, 1.807) is 0 Å². The molecule has 1 heteroatoms. The Balaban J connectivity index is 0.00000284. The van der Waals surface area contributed by atoms with Gasteiger partial charge in [0.1, 0.15) is 0 Å². The van der Waals surface area contributed by atoms with Crippen LogP contribution in [-0.4, -0.2) is 0 Å². The second-order valence-corrected chi connectivity index (χ2v) is 16.5. The molecule has 0 saturated carbocycles. The lowest BCUT2D eigenvalue weighted by Gasteiger charge is -2.20. The van der Waals surface area contributed by atoms with Crippen LogP contribution >= 0.6 is 0 Å². The summed E-state index contributed by atoms with van der Waals surface area (Å²) >= 11 is 0. The molecule has 0 heterocycles. The highest BCUT2D eigenvalue weighted by Crippen LogP contribution is 2.43. The third kappa shape index (κ3) is 9.19. The summed E-state index contributed by atoms with van der Waals surface area (Å²) in [7, 11) is 0. The van der Waals surface area contributed by atoms with E-state index in [1.165, 1.54) is 76.8 Å². The summed E-state index contributed by atoms with van der Waals surface area (Å²) in [6.07, 6.45) is 18.1. The molecular weight excluding hydrogens is 783 g/mol. The van der Waals surface area contributed by atoms with Crippen LogP contribution in [0.15, 0.2) is 230 Å². The molecule has 0 unspecified atom stereocenters. The van der Waals surface area contributed by atoms with Crippen molar-refractivity contribution in [2.75, 3.05) is 5.73 Å². The minimum Gasteiger partial charge on any atom is -0.398 e. The van der Waals surface area contributed by atoms with Crippen molar-refractivity contribution in [2.24, 2.45) is 0 Å². The molecule has 8 aromatic carbocycles. The zero-order valence-corrected chi connectivity index (χ0v) is 38.3. The van der Waals surface area contributed by atoms with E-state index in [9.17, 15) is 0 Å². The van der Waals surface area contributed by atoms with Gasteiger partial charge in [-0.05, 0) is 179 Å². The molecule has 0 spiro atoms. The van der Waals surface area contributed by atoms with Crippen LogP contribution < -0.4 is 5.73 Å². The third-order valence-electron chi connectivity index (χ3n) is 12.5. The number of hydrogen-bond acceptors (Lipinski definition) is 1. The molecule has 1 nitrogen and oxygen atoms in total. The zero-order valence-electron chi connectivity index (χ0n) is 38.3. The lowest BCUT2D eigenvalue weighted by molar-refractivity contribution is 1.30. The predicted octanol–water partition coefficient (Wildman–Crippen LogP) is 18.0. The molecule has 0 atom stereocenters. The molecule has 8 aromatic rings. The molecule has 9 rings (SSSR count). The number of fused-ring (bicyclic) bond motifs is 4. The van der Waals surface area contributed by atoms with E-state index < -0.39 is 0 Å². The molecule has 0 radical (unpaired) electrons. The van der Waals surface area contributed by atoms with Crippen LogP contribution in [0.2, 0.25) is 0 Å². The summed E-state index contributed by atoms with van der Waals surface area (Å²) in [6.45, 7) is 19.7. The summed E-state index contributed by atoms with van der Waals surface area (Å²) in [5.74, 6) is 0. The van der Waals surface area contributed by atoms with Crippen molar-refractivity contribution in [2.45, 2.75) is 41.0 Å². The van der Waals surface area contributed by atoms with Crippen molar-refractivity contribution in [1.29, 1.82) is 0 Å². The van der Waals surface area contributed by atoms with Gasteiger partial charge in [-0.1, -0.05) is 197 Å². The first kappa shape index (κ1) is 43.9. The average molecular weight is 840 g/mol. The molecule has 0 amide bonds. The monoisotopic (exact) mass is 839 g/mol. The van der Waals surface area contributed by atoms with Crippen molar-refractivity contribution in [3.05, 3.63) is 258 Å². The summed E-state index contributed by atoms with van der Waals surface area (Å²) < 4.78 is 0. The molecule has 0 saturated heterocycles. The normalized spacial score (nSPS) is 13.1. The van der Waals surface area contributed by atoms with Gasteiger partial charge in [0, 0.05) is 5.69 Å². The first-order chi connectivity index (χ1) is 31.8. The van der Waals surface area contributed by atoms with Gasteiger partial charge >= 0.3 is 0 Å². The highest BCUT2D eigenvalue weighted by Gasteiger charge is 2.20. The summed E-state index contributed by atoms with van der Waals surface area (Å²) in [4.78, 5) is 0. The van der Waals surface area contributed by atoms with E-state index in [0.717, 1.165) is 51.1 Å². The van der Waals surface area contributed by atoms with E-state index >= 15 is 0 Å². The van der Waals surface area contributed by atoms with Gasteiger partial charge in [0.15, 0.2) is 0 Å². The molecule has 2 N–H and O–H groups in total. The SMILES string of the molecule is C=C(/C=C\C=C/C)C1=CC=C(c2cc(-c3ccc(-c4ccccc4)cc3)cc3c(C)c(C(=C\C(=C)c4cc5ccccc5c5ccccc45)/C(C)=C/c4ccccc4N)ccc23)C1.CC. The largest absolute Gasteiger partial charge is 0.398 e. The van der Waals surface area contributed by atoms with Crippen LogP contribution in [0, 0.1) is 6.92 Å². The maximum atomic E-state index is 6.57. The van der Waals surface area contributed by atoms with Crippen LogP contribution in [0.5, 0.6) is 0 Å². The van der Waals surface area contributed by atoms with Crippen LogP contribution in [0.3, 0.4) is 0 Å². The molecule has 318 valence electrons. The summed E-state index contributed by atoms with van der Waals surface area (Å²) in [6, 6.07) is 56.6. The minimum atomic E-state index is 0.746. The molecule has 1 aliphatic carbocycles. The summed E-state index contributed by atoms with van der Waals surface area (Å²) in [5.41, 5.74) is 24.5. The minimum absolute atomic E-state index is 0.746. The summed E-state index contributed by atoms with van der Waals surface area (Å²) in [5, 5.41) is 7.29. The Morgan fingerprint density at radius 2 is 1.22 bits per heavy atom. The molecule has 0 bridgehead atoms. The number of aryl methyl sites for hydroxylation is 1. The second-order valence-electron chi connectivity index (χ2n) is 16.5. The van der Waals surface area contributed by atoms with Gasteiger partial charge in [0.2, 0.25) is 0 Å². The molecule has 0 aliphatic heterocycles. The van der Waals surface area contributed by atoms with Crippen LogP contribution in [0.1, 0.15) is 61.9 Å². The van der Waals surface area contributed by atoms with Crippen LogP contribution in [0.25, 0.3) is 77.4 Å². The number of hydrogen-bond donors (Lipinski definition) is 1. The lowest BCUT2D eigenvalue weighted by atomic mass is 9.84. The van der Waals surface area contributed by atoms with Gasteiger partial charge < -0.3 is 5.73 Å². The number of allylic oxidation sites excluding steroid dienone is 13. The van der Waals surface area contributed by atoms with Crippen molar-refractivity contribution < 1.29 is 0 Å². The quantitative estimate of drug-likeness (QED) is 0.0784. The average Bonchev–Trinajstić information content (AvgIpc) is 3.85. The maximum absolute atomic E-state index is 6.57. The van der Waals surface area contributed by atoms with E-state index in [1.807, 2.05) is 51.1 Å². The smallest absolute Gasteiger partial charge is 0.0387 e. The molecule has 1 aliphatic rings. The Hall–Kier alpha value is -7.74. The molecular formula is C64H57N. The highest BCUT2D eigenvalue weighted by molar-refractivity contribution is 6.13. The molecule has 0 fully saturated rings. The molecule has 0 aromatic heterocycles. The second kappa shape index (κ2) is 19.8. The number of benzene rings is 8. The van der Waals surface area contributed by atoms with Crippen molar-refractivity contribution >= 4 is 60.8 Å². The van der Waals surface area contributed by atoms with Crippen molar-refractivity contribution in [3.63, 3.8) is 0 Å². The fourth-order valence-electron chi connectivity index (χ4n) is 9.04. The Bertz CT molecular complexity index is 3290. The Morgan fingerprint density at radius 3 is 1.95 bits per heavy atom. The fraction of sp³-hybridized carbons (Fsp3) is 0.0938. The number of rotatable bonds is 11.